The lowest BCUT2D eigenvalue weighted by molar-refractivity contribution is -0.139. The lowest BCUT2D eigenvalue weighted by Crippen LogP contribution is -2.12. The van der Waals surface area contributed by atoms with Gasteiger partial charge in [-0.1, -0.05) is 0 Å². The molecule has 0 unspecified atom stereocenters. The molecule has 0 aliphatic heterocycles. The molecule has 0 bridgehead atoms. The Bertz CT molecular complexity index is 412. The maximum Gasteiger partial charge on any atom is 0.341 e. The molecule has 86 valence electrons. The van der Waals surface area contributed by atoms with Crippen LogP contribution in [0.25, 0.3) is 0 Å². The number of hydrogen-bond acceptors (Lipinski definition) is 4. The highest BCUT2D eigenvalue weighted by Gasteiger charge is 2.13. The fourth-order valence-corrected chi connectivity index (χ4v) is 1.07. The number of carboxylic acids is 2. The highest BCUT2D eigenvalue weighted by Crippen LogP contribution is 2.24. The highest BCUT2D eigenvalue weighted by atomic mass is 16.5. The second kappa shape index (κ2) is 5.01. The number of hydrogen-bond donors (Lipinski definition) is 2. The summed E-state index contributed by atoms with van der Waals surface area (Å²) in [6.07, 6.45) is 0. The molecule has 0 fully saturated rings. The van der Waals surface area contributed by atoms with Gasteiger partial charge in [-0.25, -0.2) is 9.59 Å². The summed E-state index contributed by atoms with van der Waals surface area (Å²) in [5, 5.41) is 17.3. The molecule has 0 amide bonds. The molecular formula is C10H10O6. The molecular weight excluding hydrogens is 216 g/mol. The van der Waals surface area contributed by atoms with Crippen molar-refractivity contribution >= 4 is 11.9 Å². The molecule has 1 aromatic rings. The Labute approximate surface area is 91.0 Å². The van der Waals surface area contributed by atoms with Gasteiger partial charge in [-0.05, 0) is 18.2 Å². The molecule has 0 spiro atoms. The van der Waals surface area contributed by atoms with E-state index in [0.29, 0.717) is 5.75 Å². The zero-order chi connectivity index (χ0) is 12.1. The topological polar surface area (TPSA) is 93.1 Å². The van der Waals surface area contributed by atoms with Crippen molar-refractivity contribution in [2.24, 2.45) is 0 Å². The van der Waals surface area contributed by atoms with E-state index in [1.54, 1.807) is 0 Å². The monoisotopic (exact) mass is 226 g/mol. The second-order valence-corrected chi connectivity index (χ2v) is 2.85. The Kier molecular flexibility index (Phi) is 3.71. The number of aromatic carboxylic acids is 1. The fourth-order valence-electron chi connectivity index (χ4n) is 1.07. The van der Waals surface area contributed by atoms with E-state index in [1.165, 1.54) is 25.3 Å². The van der Waals surface area contributed by atoms with Gasteiger partial charge in [0.25, 0.3) is 0 Å². The van der Waals surface area contributed by atoms with Crippen molar-refractivity contribution in [2.75, 3.05) is 13.7 Å². The highest BCUT2D eigenvalue weighted by molar-refractivity contribution is 5.91. The number of aliphatic carboxylic acids is 1. The van der Waals surface area contributed by atoms with Gasteiger partial charge in [0, 0.05) is 0 Å². The first-order valence-corrected chi connectivity index (χ1v) is 4.30. The summed E-state index contributed by atoms with van der Waals surface area (Å²) in [5.74, 6) is -2.03. The number of ether oxygens (including phenoxy) is 2. The largest absolute Gasteiger partial charge is 0.497 e. The summed E-state index contributed by atoms with van der Waals surface area (Å²) in [4.78, 5) is 21.1. The average Bonchev–Trinajstić information content (AvgIpc) is 2.25. The lowest BCUT2D eigenvalue weighted by Gasteiger charge is -2.08. The minimum absolute atomic E-state index is 0.00398. The van der Waals surface area contributed by atoms with E-state index in [0.717, 1.165) is 0 Å². The minimum atomic E-state index is -1.21. The quantitative estimate of drug-likeness (QED) is 0.773. The average molecular weight is 226 g/mol. The van der Waals surface area contributed by atoms with Crippen LogP contribution in [-0.4, -0.2) is 35.9 Å². The van der Waals surface area contributed by atoms with Crippen molar-refractivity contribution in [3.8, 4) is 11.5 Å². The smallest absolute Gasteiger partial charge is 0.341 e. The predicted molar refractivity (Wildman–Crippen MR) is 53.1 cm³/mol. The first-order valence-electron chi connectivity index (χ1n) is 4.30. The van der Waals surface area contributed by atoms with E-state index in [2.05, 4.69) is 0 Å². The van der Waals surface area contributed by atoms with Crippen molar-refractivity contribution in [2.45, 2.75) is 0 Å². The van der Waals surface area contributed by atoms with Gasteiger partial charge in [0.05, 0.1) is 7.11 Å². The van der Waals surface area contributed by atoms with E-state index in [1.807, 2.05) is 0 Å². The number of carbonyl (C=O) groups is 2. The van der Waals surface area contributed by atoms with Gasteiger partial charge in [-0.15, -0.1) is 0 Å². The van der Waals surface area contributed by atoms with Crippen LogP contribution in [0.1, 0.15) is 10.4 Å². The molecule has 0 aliphatic rings. The number of rotatable bonds is 5. The van der Waals surface area contributed by atoms with Gasteiger partial charge in [-0.2, -0.15) is 0 Å². The molecule has 0 atom stereocenters. The third-order valence-electron chi connectivity index (χ3n) is 1.77. The van der Waals surface area contributed by atoms with Crippen LogP contribution in [-0.2, 0) is 4.79 Å². The minimum Gasteiger partial charge on any atom is -0.497 e. The van der Waals surface area contributed by atoms with E-state index >= 15 is 0 Å². The van der Waals surface area contributed by atoms with Crippen LogP contribution in [0.15, 0.2) is 18.2 Å². The SMILES string of the molecule is COc1ccc(OCC(=O)O)c(C(=O)O)c1. The Hall–Kier alpha value is -2.24. The van der Waals surface area contributed by atoms with Crippen molar-refractivity contribution in [3.63, 3.8) is 0 Å². The van der Waals surface area contributed by atoms with E-state index in [-0.39, 0.29) is 11.3 Å². The first kappa shape index (κ1) is 11.8. The van der Waals surface area contributed by atoms with E-state index < -0.39 is 18.5 Å². The summed E-state index contributed by atoms with van der Waals surface area (Å²) in [7, 11) is 1.40. The van der Waals surface area contributed by atoms with E-state index in [9.17, 15) is 9.59 Å². The molecule has 0 saturated carbocycles. The third kappa shape index (κ3) is 2.88. The van der Waals surface area contributed by atoms with Crippen LogP contribution in [0.2, 0.25) is 0 Å². The summed E-state index contributed by atoms with van der Waals surface area (Å²) in [6, 6.07) is 4.11. The Morgan fingerprint density at radius 3 is 2.50 bits per heavy atom. The van der Waals surface area contributed by atoms with Crippen LogP contribution in [0.3, 0.4) is 0 Å². The maximum atomic E-state index is 10.9. The molecule has 0 aromatic heterocycles. The normalized spacial score (nSPS) is 9.56. The van der Waals surface area contributed by atoms with Gasteiger partial charge < -0.3 is 19.7 Å². The number of benzene rings is 1. The molecule has 6 heteroatoms. The third-order valence-corrected chi connectivity index (χ3v) is 1.77. The fraction of sp³-hybridized carbons (Fsp3) is 0.200. The Morgan fingerprint density at radius 1 is 1.31 bits per heavy atom. The van der Waals surface area contributed by atoms with Crippen LogP contribution < -0.4 is 9.47 Å². The predicted octanol–water partition coefficient (Wildman–Crippen LogP) is 0.857. The molecule has 0 radical (unpaired) electrons. The zero-order valence-corrected chi connectivity index (χ0v) is 8.47. The van der Waals surface area contributed by atoms with Gasteiger partial charge in [0.2, 0.25) is 0 Å². The second-order valence-electron chi connectivity index (χ2n) is 2.85. The lowest BCUT2D eigenvalue weighted by atomic mass is 10.2. The van der Waals surface area contributed by atoms with Crippen molar-refractivity contribution in [1.29, 1.82) is 0 Å². The van der Waals surface area contributed by atoms with Crippen molar-refractivity contribution < 1.29 is 29.3 Å². The van der Waals surface area contributed by atoms with Crippen molar-refractivity contribution in [3.05, 3.63) is 23.8 Å². The Morgan fingerprint density at radius 2 is 2.00 bits per heavy atom. The van der Waals surface area contributed by atoms with Gasteiger partial charge in [-0.3, -0.25) is 0 Å². The summed E-state index contributed by atoms with van der Waals surface area (Å²) in [6.45, 7) is -0.591. The van der Waals surface area contributed by atoms with Crippen LogP contribution in [0.4, 0.5) is 0 Å². The number of carboxylic acid groups (broad SMARTS) is 2. The van der Waals surface area contributed by atoms with Gasteiger partial charge >= 0.3 is 11.9 Å². The molecule has 1 rings (SSSR count). The molecule has 0 heterocycles. The van der Waals surface area contributed by atoms with Crippen LogP contribution in [0.5, 0.6) is 11.5 Å². The van der Waals surface area contributed by atoms with Crippen LogP contribution in [0, 0.1) is 0 Å². The van der Waals surface area contributed by atoms with E-state index in [4.69, 9.17) is 19.7 Å². The molecule has 6 nitrogen and oxygen atoms in total. The van der Waals surface area contributed by atoms with Crippen molar-refractivity contribution in [1.82, 2.24) is 0 Å². The molecule has 0 saturated heterocycles. The number of methoxy groups -OCH3 is 1. The first-order chi connectivity index (χ1) is 7.54. The molecule has 16 heavy (non-hydrogen) atoms. The molecule has 2 N–H and O–H groups in total. The van der Waals surface area contributed by atoms with Crippen LogP contribution >= 0.6 is 0 Å². The summed E-state index contributed by atoms with van der Waals surface area (Å²) in [5.41, 5.74) is -0.138. The maximum absolute atomic E-state index is 10.9. The van der Waals surface area contributed by atoms with Gasteiger partial charge in [0.1, 0.15) is 17.1 Å². The Balaban J connectivity index is 2.98. The standard InChI is InChI=1S/C10H10O6/c1-15-6-2-3-8(16-5-9(11)12)7(4-6)10(13)14/h2-4H,5H2,1H3,(H,11,12)(H,13,14). The zero-order valence-electron chi connectivity index (χ0n) is 8.47. The molecule has 0 aliphatic carbocycles. The molecule has 1 aromatic carbocycles. The summed E-state index contributed by atoms with van der Waals surface area (Å²) >= 11 is 0. The summed E-state index contributed by atoms with van der Waals surface area (Å²) < 4.78 is 9.67. The van der Waals surface area contributed by atoms with Gasteiger partial charge in [0.15, 0.2) is 6.61 Å².